The van der Waals surface area contributed by atoms with E-state index < -0.39 is 0 Å². The van der Waals surface area contributed by atoms with E-state index in [0.717, 1.165) is 4.88 Å². The van der Waals surface area contributed by atoms with Crippen LogP contribution in [0.25, 0.3) is 11.3 Å². The van der Waals surface area contributed by atoms with Gasteiger partial charge < -0.3 is 10.1 Å². The molecule has 0 unspecified atom stereocenters. The summed E-state index contributed by atoms with van der Waals surface area (Å²) in [4.78, 5) is 0.900. The zero-order valence-corrected chi connectivity index (χ0v) is 11.9. The van der Waals surface area contributed by atoms with Crippen LogP contribution in [0.3, 0.4) is 0 Å². The van der Waals surface area contributed by atoms with Gasteiger partial charge in [0.15, 0.2) is 0 Å². The van der Waals surface area contributed by atoms with Crippen molar-refractivity contribution in [2.45, 2.75) is 26.4 Å². The summed E-state index contributed by atoms with van der Waals surface area (Å²) in [5.41, 5.74) is 0.924. The highest BCUT2D eigenvalue weighted by Crippen LogP contribution is 2.34. The van der Waals surface area contributed by atoms with E-state index in [9.17, 15) is 4.39 Å². The summed E-state index contributed by atoms with van der Waals surface area (Å²) in [5, 5.41) is 7.32. The molecule has 102 valence electrons. The molecule has 0 amide bonds. The Labute approximate surface area is 115 Å². The summed E-state index contributed by atoms with van der Waals surface area (Å²) in [6, 6.07) is 5.08. The molecule has 4 nitrogen and oxygen atoms in total. The van der Waals surface area contributed by atoms with Crippen LogP contribution in [-0.2, 0) is 6.54 Å². The van der Waals surface area contributed by atoms with Crippen LogP contribution < -0.4 is 10.1 Å². The zero-order chi connectivity index (χ0) is 13.8. The van der Waals surface area contributed by atoms with Gasteiger partial charge in [-0.2, -0.15) is 0 Å². The van der Waals surface area contributed by atoms with Gasteiger partial charge in [-0.15, -0.1) is 5.10 Å². The fourth-order valence-electron chi connectivity index (χ4n) is 1.72. The summed E-state index contributed by atoms with van der Waals surface area (Å²) in [6.07, 6.45) is 0. The van der Waals surface area contributed by atoms with Crippen molar-refractivity contribution in [1.82, 2.24) is 14.9 Å². The first kappa shape index (κ1) is 13.9. The van der Waals surface area contributed by atoms with Crippen molar-refractivity contribution in [3.8, 4) is 17.0 Å². The molecule has 6 heteroatoms. The quantitative estimate of drug-likeness (QED) is 0.915. The molecule has 0 saturated carbocycles. The Morgan fingerprint density at radius 2 is 2.21 bits per heavy atom. The highest BCUT2D eigenvalue weighted by molar-refractivity contribution is 7.05. The lowest BCUT2D eigenvalue weighted by atomic mass is 10.1. The third-order valence-electron chi connectivity index (χ3n) is 2.66. The summed E-state index contributed by atoms with van der Waals surface area (Å²) in [5.74, 6) is 0.122. The third-order valence-corrected chi connectivity index (χ3v) is 3.38. The van der Waals surface area contributed by atoms with Crippen molar-refractivity contribution in [3.05, 3.63) is 28.9 Å². The second-order valence-corrected chi connectivity index (χ2v) is 5.24. The Bertz CT molecular complexity index is 557. The topological polar surface area (TPSA) is 47.0 Å². The molecule has 1 aromatic heterocycles. The molecule has 0 atom stereocenters. The molecule has 0 spiro atoms. The van der Waals surface area contributed by atoms with E-state index in [0.29, 0.717) is 29.6 Å². The number of benzene rings is 1. The minimum Gasteiger partial charge on any atom is -0.496 e. The molecule has 1 heterocycles. The first-order valence-electron chi connectivity index (χ1n) is 6.01. The molecule has 0 bridgehead atoms. The predicted octanol–water partition coefficient (Wildman–Crippen LogP) is 2.85. The summed E-state index contributed by atoms with van der Waals surface area (Å²) >= 11 is 1.27. The number of hydrogen-bond donors (Lipinski definition) is 1. The maximum Gasteiger partial charge on any atom is 0.136 e. The molecule has 1 aromatic carbocycles. The maximum atomic E-state index is 14.0. The Morgan fingerprint density at radius 1 is 1.42 bits per heavy atom. The van der Waals surface area contributed by atoms with Crippen LogP contribution in [0.15, 0.2) is 18.2 Å². The highest BCUT2D eigenvalue weighted by atomic mass is 32.1. The number of ether oxygens (including phenoxy) is 1. The minimum atomic E-state index is -0.349. The average molecular weight is 281 g/mol. The van der Waals surface area contributed by atoms with Crippen LogP contribution in [0.2, 0.25) is 0 Å². The highest BCUT2D eigenvalue weighted by Gasteiger charge is 2.18. The molecule has 2 rings (SSSR count). The van der Waals surface area contributed by atoms with Crippen molar-refractivity contribution in [3.63, 3.8) is 0 Å². The van der Waals surface area contributed by atoms with Gasteiger partial charge in [-0.3, -0.25) is 0 Å². The van der Waals surface area contributed by atoms with Gasteiger partial charge in [0.25, 0.3) is 0 Å². The standard InChI is InChI=1S/C13H16FN3OS/c1-8(2)15-7-11-13(16-17-19-11)12-9(14)5-4-6-10(12)18-3/h4-6,8,15H,7H2,1-3H3. The number of rotatable bonds is 5. The first-order chi connectivity index (χ1) is 9.13. The van der Waals surface area contributed by atoms with Gasteiger partial charge in [-0.1, -0.05) is 24.4 Å². The minimum absolute atomic E-state index is 0.345. The molecular weight excluding hydrogens is 265 g/mol. The van der Waals surface area contributed by atoms with Crippen molar-refractivity contribution in [2.75, 3.05) is 7.11 Å². The molecule has 0 radical (unpaired) electrons. The first-order valence-corrected chi connectivity index (χ1v) is 6.78. The van der Waals surface area contributed by atoms with Crippen molar-refractivity contribution < 1.29 is 9.13 Å². The summed E-state index contributed by atoms with van der Waals surface area (Å²) in [7, 11) is 1.52. The monoisotopic (exact) mass is 281 g/mol. The lowest BCUT2D eigenvalue weighted by Crippen LogP contribution is -2.21. The fourth-order valence-corrected chi connectivity index (χ4v) is 2.31. The molecule has 0 fully saturated rings. The Morgan fingerprint density at radius 3 is 2.89 bits per heavy atom. The SMILES string of the molecule is COc1cccc(F)c1-c1nnsc1CNC(C)C. The van der Waals surface area contributed by atoms with Crippen molar-refractivity contribution in [2.24, 2.45) is 0 Å². The van der Waals surface area contributed by atoms with Gasteiger partial charge >= 0.3 is 0 Å². The van der Waals surface area contributed by atoms with E-state index in [-0.39, 0.29) is 5.82 Å². The summed E-state index contributed by atoms with van der Waals surface area (Å²) < 4.78 is 23.1. The third kappa shape index (κ3) is 3.08. The van der Waals surface area contributed by atoms with E-state index >= 15 is 0 Å². The number of nitrogens with zero attached hydrogens (tertiary/aromatic N) is 2. The average Bonchev–Trinajstić information content (AvgIpc) is 2.83. The Balaban J connectivity index is 2.40. The number of nitrogens with one attached hydrogen (secondary N) is 1. The van der Waals surface area contributed by atoms with Crippen LogP contribution in [0.1, 0.15) is 18.7 Å². The molecule has 0 saturated heterocycles. The molecule has 0 aliphatic heterocycles. The van der Waals surface area contributed by atoms with Crippen LogP contribution in [0, 0.1) is 5.82 Å². The number of methoxy groups -OCH3 is 1. The number of aromatic nitrogens is 2. The van der Waals surface area contributed by atoms with E-state index in [1.165, 1.54) is 24.7 Å². The summed E-state index contributed by atoms with van der Waals surface area (Å²) in [6.45, 7) is 4.72. The molecule has 2 aromatic rings. The van der Waals surface area contributed by atoms with Gasteiger partial charge in [-0.05, 0) is 23.7 Å². The van der Waals surface area contributed by atoms with Crippen molar-refractivity contribution in [1.29, 1.82) is 0 Å². The van der Waals surface area contributed by atoms with Gasteiger partial charge in [0.05, 0.1) is 17.6 Å². The van der Waals surface area contributed by atoms with E-state index in [1.807, 2.05) is 0 Å². The Kier molecular flexibility index (Phi) is 4.44. The molecule has 0 aliphatic rings. The number of hydrogen-bond acceptors (Lipinski definition) is 5. The molecular formula is C13H16FN3OS. The fraction of sp³-hybridized carbons (Fsp3) is 0.385. The van der Waals surface area contributed by atoms with E-state index in [1.54, 1.807) is 12.1 Å². The molecule has 0 aliphatic carbocycles. The largest absolute Gasteiger partial charge is 0.496 e. The van der Waals surface area contributed by atoms with Gasteiger partial charge in [-0.25, -0.2) is 4.39 Å². The maximum absolute atomic E-state index is 14.0. The lowest BCUT2D eigenvalue weighted by Gasteiger charge is -2.10. The molecule has 19 heavy (non-hydrogen) atoms. The van der Waals surface area contributed by atoms with Crippen LogP contribution >= 0.6 is 11.5 Å². The second kappa shape index (κ2) is 6.08. The second-order valence-electron chi connectivity index (χ2n) is 4.40. The van der Waals surface area contributed by atoms with E-state index in [2.05, 4.69) is 28.8 Å². The van der Waals surface area contributed by atoms with Crippen molar-refractivity contribution >= 4 is 11.5 Å². The van der Waals surface area contributed by atoms with Gasteiger partial charge in [0.1, 0.15) is 17.3 Å². The number of halogens is 1. The normalized spacial score (nSPS) is 11.0. The van der Waals surface area contributed by atoms with Gasteiger partial charge in [0.2, 0.25) is 0 Å². The van der Waals surface area contributed by atoms with Gasteiger partial charge in [0, 0.05) is 12.6 Å². The Hall–Kier alpha value is -1.53. The van der Waals surface area contributed by atoms with Crippen LogP contribution in [0.4, 0.5) is 4.39 Å². The predicted molar refractivity (Wildman–Crippen MR) is 73.8 cm³/mol. The zero-order valence-electron chi connectivity index (χ0n) is 11.1. The smallest absolute Gasteiger partial charge is 0.136 e. The van der Waals surface area contributed by atoms with E-state index in [4.69, 9.17) is 4.74 Å². The van der Waals surface area contributed by atoms with Crippen LogP contribution in [-0.4, -0.2) is 22.7 Å². The molecule has 1 N–H and O–H groups in total. The lowest BCUT2D eigenvalue weighted by molar-refractivity contribution is 0.413. The van der Waals surface area contributed by atoms with Crippen LogP contribution in [0.5, 0.6) is 5.75 Å².